The van der Waals surface area contributed by atoms with Gasteiger partial charge in [0.15, 0.2) is 17.3 Å². The largest absolute Gasteiger partial charge is 0.372 e. The van der Waals surface area contributed by atoms with Crippen molar-refractivity contribution in [3.05, 3.63) is 78.1 Å². The van der Waals surface area contributed by atoms with Crippen LogP contribution in [-0.4, -0.2) is 46.4 Å². The van der Waals surface area contributed by atoms with Gasteiger partial charge in [0.2, 0.25) is 0 Å². The highest BCUT2D eigenvalue weighted by Crippen LogP contribution is 2.32. The topological polar surface area (TPSA) is 74.4 Å². The van der Waals surface area contributed by atoms with Gasteiger partial charge in [0.25, 0.3) is 5.91 Å². The van der Waals surface area contributed by atoms with Gasteiger partial charge in [0.05, 0.1) is 35.3 Å². The summed E-state index contributed by atoms with van der Waals surface area (Å²) in [5.41, 5.74) is 0.827. The van der Waals surface area contributed by atoms with Gasteiger partial charge in [-0.05, 0) is 44.2 Å². The molecule has 3 heterocycles. The van der Waals surface area contributed by atoms with Crippen molar-refractivity contribution in [2.45, 2.75) is 26.1 Å². The normalized spacial score (nSPS) is 18.3. The second kappa shape index (κ2) is 8.83. The highest BCUT2D eigenvalue weighted by molar-refractivity contribution is 6.15. The second-order valence-corrected chi connectivity index (χ2v) is 8.37. The molecule has 174 valence electrons. The molecule has 0 aliphatic carbocycles. The smallest absolute Gasteiger partial charge is 0.284 e. The second-order valence-electron chi connectivity index (χ2n) is 8.37. The molecule has 1 aliphatic heterocycles. The molecule has 1 saturated heterocycles. The lowest BCUT2D eigenvalue weighted by Gasteiger charge is -2.36. The summed E-state index contributed by atoms with van der Waals surface area (Å²) in [7, 11) is 0. The lowest BCUT2D eigenvalue weighted by Crippen LogP contribution is -2.45. The van der Waals surface area contributed by atoms with E-state index in [1.807, 2.05) is 19.9 Å². The molecular formula is C25H23F2N5O2. The van der Waals surface area contributed by atoms with Crippen LogP contribution in [0.25, 0.3) is 10.9 Å². The van der Waals surface area contributed by atoms with Crippen molar-refractivity contribution in [1.29, 1.82) is 0 Å². The zero-order valence-electron chi connectivity index (χ0n) is 18.7. The van der Waals surface area contributed by atoms with E-state index in [-0.39, 0.29) is 23.6 Å². The van der Waals surface area contributed by atoms with Crippen molar-refractivity contribution in [3.8, 4) is 0 Å². The predicted octanol–water partition coefficient (Wildman–Crippen LogP) is 4.83. The van der Waals surface area contributed by atoms with Crippen LogP contribution < -0.4 is 9.80 Å². The van der Waals surface area contributed by atoms with Crippen LogP contribution in [-0.2, 0) is 4.74 Å². The van der Waals surface area contributed by atoms with Gasteiger partial charge < -0.3 is 9.64 Å². The zero-order chi connectivity index (χ0) is 23.8. The predicted molar refractivity (Wildman–Crippen MR) is 125 cm³/mol. The van der Waals surface area contributed by atoms with Crippen molar-refractivity contribution in [2.75, 3.05) is 22.9 Å². The Bertz CT molecular complexity index is 1330. The molecule has 4 aromatic rings. The SMILES string of the molecule is CC1CN(c2ccc(N(C(=O)c3n[nH]c4ccccc34)c3cccc(F)c3F)cn2)CC(C)O1. The van der Waals surface area contributed by atoms with Crippen LogP contribution in [0.4, 0.5) is 26.0 Å². The van der Waals surface area contributed by atoms with Crippen LogP contribution in [0.5, 0.6) is 0 Å². The summed E-state index contributed by atoms with van der Waals surface area (Å²) in [4.78, 5) is 21.4. The highest BCUT2D eigenvalue weighted by Gasteiger charge is 2.28. The zero-order valence-corrected chi connectivity index (χ0v) is 18.7. The molecule has 9 heteroatoms. The number of fused-ring (bicyclic) bond motifs is 1. The third-order valence-corrected chi connectivity index (χ3v) is 5.78. The maximum absolute atomic E-state index is 14.9. The molecule has 0 spiro atoms. The van der Waals surface area contributed by atoms with Crippen molar-refractivity contribution >= 4 is 34.0 Å². The number of anilines is 3. The van der Waals surface area contributed by atoms with Crippen molar-refractivity contribution in [2.24, 2.45) is 0 Å². The van der Waals surface area contributed by atoms with Gasteiger partial charge in [0, 0.05) is 18.5 Å². The number of aromatic amines is 1. The number of H-pyrrole nitrogens is 1. The molecule has 1 N–H and O–H groups in total. The van der Waals surface area contributed by atoms with Crippen molar-refractivity contribution in [1.82, 2.24) is 15.2 Å². The minimum absolute atomic E-state index is 0.0534. The van der Waals surface area contributed by atoms with Crippen LogP contribution in [0.3, 0.4) is 0 Å². The van der Waals surface area contributed by atoms with Gasteiger partial charge in [-0.15, -0.1) is 0 Å². The van der Waals surface area contributed by atoms with Gasteiger partial charge in [-0.3, -0.25) is 14.8 Å². The third kappa shape index (κ3) is 3.99. The Labute approximate surface area is 195 Å². The standard InChI is InChI=1S/C25H23F2N5O2/c1-15-13-31(14-16(2)34-15)22-11-10-17(12-28-22)32(21-9-5-7-19(26)23(21)27)25(33)24-18-6-3-4-8-20(18)29-30-24/h3-12,15-16H,13-14H2,1-2H3,(H,29,30). The number of carbonyl (C=O) groups is 1. The lowest BCUT2D eigenvalue weighted by molar-refractivity contribution is -0.00545. The molecule has 1 fully saturated rings. The summed E-state index contributed by atoms with van der Waals surface area (Å²) in [6.07, 6.45) is 1.59. The van der Waals surface area contributed by atoms with Gasteiger partial charge in [-0.25, -0.2) is 13.8 Å². The Kier molecular flexibility index (Phi) is 5.70. The van der Waals surface area contributed by atoms with E-state index in [4.69, 9.17) is 4.74 Å². The molecule has 2 aromatic heterocycles. The molecule has 34 heavy (non-hydrogen) atoms. The number of nitrogens with one attached hydrogen (secondary N) is 1. The molecule has 0 radical (unpaired) electrons. The number of benzene rings is 2. The molecule has 5 rings (SSSR count). The summed E-state index contributed by atoms with van der Waals surface area (Å²) < 4.78 is 34.8. The molecule has 0 bridgehead atoms. The monoisotopic (exact) mass is 463 g/mol. The fourth-order valence-corrected chi connectivity index (χ4v) is 4.33. The minimum atomic E-state index is -1.13. The third-order valence-electron chi connectivity index (χ3n) is 5.78. The average molecular weight is 463 g/mol. The van der Waals surface area contributed by atoms with Gasteiger partial charge in [-0.2, -0.15) is 5.10 Å². The quantitative estimate of drug-likeness (QED) is 0.469. The number of carbonyl (C=O) groups excluding carboxylic acids is 1. The summed E-state index contributed by atoms with van der Waals surface area (Å²) in [5.74, 6) is -2.08. The Morgan fingerprint density at radius 3 is 2.56 bits per heavy atom. The first-order chi connectivity index (χ1) is 16.4. The minimum Gasteiger partial charge on any atom is -0.372 e. The van der Waals surface area contributed by atoms with Crippen LogP contribution in [0.2, 0.25) is 0 Å². The summed E-state index contributed by atoms with van der Waals surface area (Å²) in [6.45, 7) is 5.35. The van der Waals surface area contributed by atoms with Crippen LogP contribution in [0, 0.1) is 11.6 Å². The Morgan fingerprint density at radius 2 is 1.82 bits per heavy atom. The van der Waals surface area contributed by atoms with Crippen LogP contribution >= 0.6 is 0 Å². The average Bonchev–Trinajstić information content (AvgIpc) is 3.26. The fraction of sp³-hybridized carbons (Fsp3) is 0.240. The van der Waals surface area contributed by atoms with E-state index in [0.717, 1.165) is 11.0 Å². The number of nitrogens with zero attached hydrogens (tertiary/aromatic N) is 4. The molecule has 1 amide bonds. The van der Waals surface area contributed by atoms with Crippen molar-refractivity contribution < 1.29 is 18.3 Å². The van der Waals surface area contributed by atoms with Crippen LogP contribution in [0.15, 0.2) is 60.8 Å². The van der Waals surface area contributed by atoms with E-state index in [1.54, 1.807) is 30.3 Å². The number of hydrogen-bond donors (Lipinski definition) is 1. The molecule has 0 saturated carbocycles. The Morgan fingerprint density at radius 1 is 1.06 bits per heavy atom. The molecule has 2 atom stereocenters. The van der Waals surface area contributed by atoms with Gasteiger partial charge in [0.1, 0.15) is 5.82 Å². The first-order valence-corrected chi connectivity index (χ1v) is 11.0. The van der Waals surface area contributed by atoms with E-state index in [0.29, 0.717) is 35.5 Å². The fourth-order valence-electron chi connectivity index (χ4n) is 4.33. The van der Waals surface area contributed by atoms with E-state index < -0.39 is 17.5 Å². The van der Waals surface area contributed by atoms with Crippen molar-refractivity contribution in [3.63, 3.8) is 0 Å². The first-order valence-electron chi connectivity index (χ1n) is 11.0. The number of halogens is 2. The molecular weight excluding hydrogens is 440 g/mol. The van der Waals surface area contributed by atoms with Gasteiger partial charge >= 0.3 is 0 Å². The highest BCUT2D eigenvalue weighted by atomic mass is 19.2. The van der Waals surface area contributed by atoms with E-state index in [1.165, 1.54) is 18.3 Å². The number of rotatable bonds is 4. The van der Waals surface area contributed by atoms with E-state index in [2.05, 4.69) is 20.1 Å². The number of pyridine rings is 1. The number of hydrogen-bond acceptors (Lipinski definition) is 5. The first kappa shape index (κ1) is 22.0. The van der Waals surface area contributed by atoms with E-state index >= 15 is 0 Å². The van der Waals surface area contributed by atoms with E-state index in [9.17, 15) is 13.6 Å². The molecule has 2 aromatic carbocycles. The maximum Gasteiger partial charge on any atom is 0.284 e. The van der Waals surface area contributed by atoms with Crippen LogP contribution in [0.1, 0.15) is 24.3 Å². The molecule has 7 nitrogen and oxygen atoms in total. The molecule has 1 aliphatic rings. The maximum atomic E-state index is 14.9. The summed E-state index contributed by atoms with van der Waals surface area (Å²) in [6, 6.07) is 14.3. The lowest BCUT2D eigenvalue weighted by atomic mass is 10.1. The van der Waals surface area contributed by atoms with Gasteiger partial charge in [-0.1, -0.05) is 24.3 Å². The number of aromatic nitrogens is 3. The number of ether oxygens (including phenoxy) is 1. The number of amides is 1. The summed E-state index contributed by atoms with van der Waals surface area (Å²) >= 11 is 0. The number of para-hydroxylation sites is 1. The Balaban J connectivity index is 1.56. The summed E-state index contributed by atoms with van der Waals surface area (Å²) in [5, 5.41) is 7.54. The molecule has 2 unspecified atom stereocenters. The Hall–Kier alpha value is -3.85. The number of morpholine rings is 1.